The lowest BCUT2D eigenvalue weighted by Gasteiger charge is -2.43. The van der Waals surface area contributed by atoms with Crippen LogP contribution in [0.3, 0.4) is 0 Å². The standard InChI is InChI=1S/C30H39Br2N5O2/c1-34(2)25-8-14-36(15-9-25)29(38)28(19-21-17-23(31)20-24(32)18-21)35-12-10-26(11-13-35)37-16-7-22-5-3-4-6-27(22)33-30(37)39/h3-6,17-18,20,25-26,28H,7-16,19H2,1-2H3,(H,33,39)/t28-/m1/s1. The van der Waals surface area contributed by atoms with E-state index in [0.29, 0.717) is 12.5 Å². The Morgan fingerprint density at radius 3 is 2.31 bits per heavy atom. The number of anilines is 1. The number of hydrogen-bond donors (Lipinski definition) is 1. The van der Waals surface area contributed by atoms with Crippen molar-refractivity contribution in [2.75, 3.05) is 52.1 Å². The van der Waals surface area contributed by atoms with Gasteiger partial charge in [-0.25, -0.2) is 4.79 Å². The maximum Gasteiger partial charge on any atom is 0.322 e. The lowest BCUT2D eigenvalue weighted by atomic mass is 9.96. The molecule has 2 aromatic rings. The molecule has 3 heterocycles. The molecule has 210 valence electrons. The Morgan fingerprint density at radius 2 is 1.64 bits per heavy atom. The summed E-state index contributed by atoms with van der Waals surface area (Å²) >= 11 is 7.24. The summed E-state index contributed by atoms with van der Waals surface area (Å²) in [5.74, 6) is 0.240. The van der Waals surface area contributed by atoms with E-state index >= 15 is 0 Å². The number of hydrogen-bond acceptors (Lipinski definition) is 4. The molecule has 2 fully saturated rings. The van der Waals surface area contributed by atoms with Crippen molar-refractivity contribution in [3.8, 4) is 0 Å². The second-order valence-electron chi connectivity index (χ2n) is 11.3. The molecule has 39 heavy (non-hydrogen) atoms. The zero-order valence-corrected chi connectivity index (χ0v) is 26.1. The van der Waals surface area contributed by atoms with E-state index in [1.807, 2.05) is 29.2 Å². The molecule has 3 aliphatic heterocycles. The van der Waals surface area contributed by atoms with Crippen LogP contribution in [0.1, 0.15) is 36.8 Å². The van der Waals surface area contributed by atoms with Crippen molar-refractivity contribution in [3.05, 3.63) is 62.5 Å². The van der Waals surface area contributed by atoms with Gasteiger partial charge in [-0.05, 0) is 88.0 Å². The number of carbonyl (C=O) groups is 2. The first kappa shape index (κ1) is 28.6. The number of carbonyl (C=O) groups excluding carboxylic acids is 2. The first-order valence-corrected chi connectivity index (χ1v) is 15.7. The molecule has 0 saturated carbocycles. The predicted octanol–water partition coefficient (Wildman–Crippen LogP) is 5.23. The molecule has 7 nitrogen and oxygen atoms in total. The van der Waals surface area contributed by atoms with Gasteiger partial charge in [-0.2, -0.15) is 0 Å². The van der Waals surface area contributed by atoms with Crippen molar-refractivity contribution in [2.24, 2.45) is 0 Å². The minimum absolute atomic E-state index is 0.00576. The Kier molecular flexibility index (Phi) is 9.31. The summed E-state index contributed by atoms with van der Waals surface area (Å²) in [7, 11) is 4.26. The van der Waals surface area contributed by atoms with E-state index in [0.717, 1.165) is 85.0 Å². The molecule has 0 radical (unpaired) electrons. The maximum atomic E-state index is 14.0. The average Bonchev–Trinajstić information content (AvgIpc) is 3.09. The third kappa shape index (κ3) is 6.87. The Morgan fingerprint density at radius 1 is 0.974 bits per heavy atom. The van der Waals surface area contributed by atoms with Gasteiger partial charge < -0.3 is 20.0 Å². The smallest absolute Gasteiger partial charge is 0.322 e. The third-order valence-corrected chi connectivity index (χ3v) is 9.58. The van der Waals surface area contributed by atoms with Gasteiger partial charge in [0.15, 0.2) is 0 Å². The first-order chi connectivity index (χ1) is 18.8. The zero-order chi connectivity index (χ0) is 27.5. The van der Waals surface area contributed by atoms with Crippen molar-refractivity contribution in [3.63, 3.8) is 0 Å². The molecule has 2 aromatic carbocycles. The van der Waals surface area contributed by atoms with E-state index < -0.39 is 0 Å². The number of urea groups is 1. The fourth-order valence-corrected chi connectivity index (χ4v) is 7.77. The van der Waals surface area contributed by atoms with Crippen LogP contribution in [-0.2, 0) is 17.6 Å². The van der Waals surface area contributed by atoms with Gasteiger partial charge in [0.1, 0.15) is 0 Å². The Balaban J connectivity index is 1.28. The number of benzene rings is 2. The SMILES string of the molecule is CN(C)C1CCN(C(=O)[C@@H](Cc2cc(Br)cc(Br)c2)N2CCC(N3CCc4ccccc4NC3=O)CC2)CC1. The molecular formula is C30H39Br2N5O2. The van der Waals surface area contributed by atoms with Gasteiger partial charge >= 0.3 is 6.03 Å². The molecule has 2 saturated heterocycles. The number of para-hydroxylation sites is 1. The van der Waals surface area contributed by atoms with Gasteiger partial charge in [-0.3, -0.25) is 9.69 Å². The highest BCUT2D eigenvalue weighted by molar-refractivity contribution is 9.11. The summed E-state index contributed by atoms with van der Waals surface area (Å²) in [6.45, 7) is 3.96. The molecule has 1 N–H and O–H groups in total. The Bertz CT molecular complexity index is 1160. The van der Waals surface area contributed by atoms with Crippen LogP contribution in [0.4, 0.5) is 10.5 Å². The highest BCUT2D eigenvalue weighted by Gasteiger charge is 2.37. The van der Waals surface area contributed by atoms with Crippen molar-refractivity contribution >= 4 is 49.5 Å². The van der Waals surface area contributed by atoms with E-state index in [2.05, 4.69) is 84.2 Å². The number of nitrogens with zero attached hydrogens (tertiary/aromatic N) is 4. The number of rotatable bonds is 6. The predicted molar refractivity (Wildman–Crippen MR) is 163 cm³/mol. The number of nitrogens with one attached hydrogen (secondary N) is 1. The van der Waals surface area contributed by atoms with Crippen LogP contribution >= 0.6 is 31.9 Å². The highest BCUT2D eigenvalue weighted by atomic mass is 79.9. The number of likely N-dealkylation sites (tertiary alicyclic amines) is 2. The van der Waals surface area contributed by atoms with Gasteiger partial charge in [-0.15, -0.1) is 0 Å². The Hall–Kier alpha value is -1.94. The average molecular weight is 661 g/mol. The number of piperidine rings is 2. The van der Waals surface area contributed by atoms with Crippen LogP contribution in [0, 0.1) is 0 Å². The molecule has 1 atom stereocenters. The van der Waals surface area contributed by atoms with Crippen LogP contribution in [0.15, 0.2) is 51.4 Å². The molecule has 0 aromatic heterocycles. The number of halogens is 2. The van der Waals surface area contributed by atoms with Crippen LogP contribution in [0.5, 0.6) is 0 Å². The second kappa shape index (κ2) is 12.7. The lowest BCUT2D eigenvalue weighted by molar-refractivity contribution is -0.139. The van der Waals surface area contributed by atoms with E-state index in [-0.39, 0.29) is 24.0 Å². The summed E-state index contributed by atoms with van der Waals surface area (Å²) in [6, 6.07) is 14.9. The van der Waals surface area contributed by atoms with Crippen LogP contribution in [0.25, 0.3) is 0 Å². The molecule has 9 heteroatoms. The zero-order valence-electron chi connectivity index (χ0n) is 22.9. The van der Waals surface area contributed by atoms with Crippen LogP contribution in [0.2, 0.25) is 0 Å². The quantitative estimate of drug-likeness (QED) is 0.461. The third-order valence-electron chi connectivity index (χ3n) is 8.67. The van der Waals surface area contributed by atoms with Crippen molar-refractivity contribution < 1.29 is 9.59 Å². The van der Waals surface area contributed by atoms with Gasteiger partial charge in [0, 0.05) is 59.4 Å². The van der Waals surface area contributed by atoms with Gasteiger partial charge in [0.2, 0.25) is 5.91 Å². The molecule has 0 aliphatic carbocycles. The summed E-state index contributed by atoms with van der Waals surface area (Å²) in [4.78, 5) is 35.9. The van der Waals surface area contributed by atoms with Crippen molar-refractivity contribution in [1.29, 1.82) is 0 Å². The van der Waals surface area contributed by atoms with Gasteiger partial charge in [0.05, 0.1) is 6.04 Å². The fourth-order valence-electron chi connectivity index (χ4n) is 6.39. The molecule has 0 unspecified atom stereocenters. The monoisotopic (exact) mass is 659 g/mol. The molecular weight excluding hydrogens is 622 g/mol. The molecule has 5 rings (SSSR count). The van der Waals surface area contributed by atoms with Crippen LogP contribution < -0.4 is 5.32 Å². The van der Waals surface area contributed by atoms with Gasteiger partial charge in [-0.1, -0.05) is 50.1 Å². The molecule has 3 aliphatic rings. The van der Waals surface area contributed by atoms with Crippen molar-refractivity contribution in [1.82, 2.24) is 19.6 Å². The highest BCUT2D eigenvalue weighted by Crippen LogP contribution is 2.28. The van der Waals surface area contributed by atoms with E-state index in [1.54, 1.807) is 0 Å². The maximum absolute atomic E-state index is 14.0. The minimum Gasteiger partial charge on any atom is -0.341 e. The number of amides is 3. The first-order valence-electron chi connectivity index (χ1n) is 14.1. The van der Waals surface area contributed by atoms with E-state index in [4.69, 9.17) is 0 Å². The van der Waals surface area contributed by atoms with E-state index in [9.17, 15) is 9.59 Å². The number of fused-ring (bicyclic) bond motifs is 1. The minimum atomic E-state index is -0.203. The largest absolute Gasteiger partial charge is 0.341 e. The molecule has 0 bridgehead atoms. The lowest BCUT2D eigenvalue weighted by Crippen LogP contribution is -2.56. The summed E-state index contributed by atoms with van der Waals surface area (Å²) in [5, 5.41) is 3.12. The van der Waals surface area contributed by atoms with Gasteiger partial charge in [0.25, 0.3) is 0 Å². The summed E-state index contributed by atoms with van der Waals surface area (Å²) in [5.41, 5.74) is 3.26. The summed E-state index contributed by atoms with van der Waals surface area (Å²) < 4.78 is 2.02. The topological polar surface area (TPSA) is 59.1 Å². The van der Waals surface area contributed by atoms with E-state index in [1.165, 1.54) is 5.56 Å². The summed E-state index contributed by atoms with van der Waals surface area (Å²) in [6.07, 6.45) is 5.31. The van der Waals surface area contributed by atoms with Crippen LogP contribution in [-0.4, -0.2) is 96.5 Å². The Labute approximate surface area is 249 Å². The fraction of sp³-hybridized carbons (Fsp3) is 0.533. The second-order valence-corrected chi connectivity index (χ2v) is 13.1. The van der Waals surface area contributed by atoms with Crippen molar-refractivity contribution in [2.45, 2.75) is 56.7 Å². The normalized spacial score (nSPS) is 20.5. The molecule has 0 spiro atoms. The molecule has 3 amide bonds.